The lowest BCUT2D eigenvalue weighted by Crippen LogP contribution is -2.29. The number of rotatable bonds is 6. The fourth-order valence-electron chi connectivity index (χ4n) is 1.82. The molecule has 3 nitrogen and oxygen atoms in total. The van der Waals surface area contributed by atoms with Crippen molar-refractivity contribution in [2.75, 3.05) is 27.2 Å². The van der Waals surface area contributed by atoms with Crippen molar-refractivity contribution in [3.8, 4) is 0 Å². The number of aromatic nitrogens is 1. The van der Waals surface area contributed by atoms with Crippen LogP contribution in [0.15, 0.2) is 18.3 Å². The second kappa shape index (κ2) is 6.84. The van der Waals surface area contributed by atoms with Crippen LogP contribution in [-0.2, 0) is 6.54 Å². The normalized spacial score (nSPS) is 13.1. The lowest BCUT2D eigenvalue weighted by Gasteiger charge is -2.21. The minimum absolute atomic E-state index is 0.551. The van der Waals surface area contributed by atoms with E-state index in [0.29, 0.717) is 11.1 Å². The van der Waals surface area contributed by atoms with Gasteiger partial charge in [0.25, 0.3) is 0 Å². The van der Waals surface area contributed by atoms with Gasteiger partial charge >= 0.3 is 0 Å². The van der Waals surface area contributed by atoms with Crippen molar-refractivity contribution in [1.82, 2.24) is 15.2 Å². The van der Waals surface area contributed by atoms with E-state index in [-0.39, 0.29) is 0 Å². The Bertz CT molecular complexity index is 300. The molecule has 90 valence electrons. The molecule has 16 heavy (non-hydrogen) atoms. The topological polar surface area (TPSA) is 28.2 Å². The summed E-state index contributed by atoms with van der Waals surface area (Å²) in [5.74, 6) is 0.648. The molecule has 0 aromatic carbocycles. The molecule has 0 aliphatic heterocycles. The average molecular weight is 242 g/mol. The van der Waals surface area contributed by atoms with Crippen molar-refractivity contribution in [3.63, 3.8) is 0 Å². The molecule has 0 bridgehead atoms. The molecular formula is C12H20ClN3. The monoisotopic (exact) mass is 241 g/mol. The van der Waals surface area contributed by atoms with Crippen molar-refractivity contribution in [2.24, 2.45) is 5.92 Å². The van der Waals surface area contributed by atoms with E-state index in [9.17, 15) is 0 Å². The summed E-state index contributed by atoms with van der Waals surface area (Å²) >= 11 is 5.74. The molecule has 0 saturated carbocycles. The van der Waals surface area contributed by atoms with E-state index in [2.05, 4.69) is 29.2 Å². The Balaban J connectivity index is 2.39. The van der Waals surface area contributed by atoms with Gasteiger partial charge in [-0.15, -0.1) is 0 Å². The zero-order chi connectivity index (χ0) is 12.0. The first-order chi connectivity index (χ1) is 7.61. The minimum Gasteiger partial charge on any atom is -0.319 e. The molecule has 1 aromatic heterocycles. The number of hydrogen-bond donors (Lipinski definition) is 1. The van der Waals surface area contributed by atoms with Crippen LogP contribution in [0.3, 0.4) is 0 Å². The van der Waals surface area contributed by atoms with Crippen LogP contribution in [-0.4, -0.2) is 37.1 Å². The molecule has 4 heteroatoms. The maximum Gasteiger partial charge on any atom is 0.129 e. The summed E-state index contributed by atoms with van der Waals surface area (Å²) in [5.41, 5.74) is 1.20. The predicted molar refractivity (Wildman–Crippen MR) is 68.7 cm³/mol. The van der Waals surface area contributed by atoms with Gasteiger partial charge in [0, 0.05) is 19.3 Å². The molecule has 1 unspecified atom stereocenters. The summed E-state index contributed by atoms with van der Waals surface area (Å²) < 4.78 is 0. The van der Waals surface area contributed by atoms with Gasteiger partial charge in [0.05, 0.1) is 0 Å². The van der Waals surface area contributed by atoms with E-state index in [1.54, 1.807) is 0 Å². The van der Waals surface area contributed by atoms with Gasteiger partial charge in [-0.25, -0.2) is 4.98 Å². The van der Waals surface area contributed by atoms with Crippen LogP contribution < -0.4 is 5.32 Å². The highest BCUT2D eigenvalue weighted by atomic mass is 35.5. The highest BCUT2D eigenvalue weighted by Crippen LogP contribution is 2.08. The Labute approximate surface area is 103 Å². The number of nitrogens with zero attached hydrogens (tertiary/aromatic N) is 2. The molecule has 0 spiro atoms. The third-order valence-electron chi connectivity index (χ3n) is 2.42. The molecule has 0 radical (unpaired) electrons. The Morgan fingerprint density at radius 1 is 1.50 bits per heavy atom. The maximum absolute atomic E-state index is 5.74. The van der Waals surface area contributed by atoms with Crippen LogP contribution in [0.25, 0.3) is 0 Å². The molecule has 1 heterocycles. The minimum atomic E-state index is 0.551. The van der Waals surface area contributed by atoms with Gasteiger partial charge < -0.3 is 10.2 Å². The molecule has 1 N–H and O–H groups in total. The second-order valence-corrected chi connectivity index (χ2v) is 4.74. The highest BCUT2D eigenvalue weighted by molar-refractivity contribution is 6.29. The highest BCUT2D eigenvalue weighted by Gasteiger charge is 2.06. The van der Waals surface area contributed by atoms with Crippen LogP contribution in [0.1, 0.15) is 12.5 Å². The zero-order valence-electron chi connectivity index (χ0n) is 10.2. The first-order valence-corrected chi connectivity index (χ1v) is 5.93. The Kier molecular flexibility index (Phi) is 5.74. The van der Waals surface area contributed by atoms with Crippen LogP contribution in [0, 0.1) is 5.92 Å². The van der Waals surface area contributed by atoms with Gasteiger partial charge in [-0.1, -0.05) is 24.6 Å². The van der Waals surface area contributed by atoms with E-state index < -0.39 is 0 Å². The maximum atomic E-state index is 5.74. The fraction of sp³-hybridized carbons (Fsp3) is 0.583. The van der Waals surface area contributed by atoms with Gasteiger partial charge in [-0.3, -0.25) is 0 Å². The van der Waals surface area contributed by atoms with Crippen LogP contribution in [0.5, 0.6) is 0 Å². The third kappa shape index (κ3) is 4.92. The summed E-state index contributed by atoms with van der Waals surface area (Å²) in [4.78, 5) is 6.37. The standard InChI is InChI=1S/C12H20ClN3/c1-10(6-14-2)8-16(3)9-11-4-5-12(13)15-7-11/h4-5,7,10,14H,6,8-9H2,1-3H3. The molecule has 1 rings (SSSR count). The molecule has 1 atom stereocenters. The van der Waals surface area contributed by atoms with E-state index in [4.69, 9.17) is 11.6 Å². The van der Waals surface area contributed by atoms with E-state index in [1.165, 1.54) is 5.56 Å². The van der Waals surface area contributed by atoms with Gasteiger partial charge in [-0.05, 0) is 38.2 Å². The van der Waals surface area contributed by atoms with E-state index in [0.717, 1.165) is 19.6 Å². The lowest BCUT2D eigenvalue weighted by atomic mass is 10.1. The van der Waals surface area contributed by atoms with Gasteiger partial charge in [0.2, 0.25) is 0 Å². The van der Waals surface area contributed by atoms with Crippen molar-refractivity contribution >= 4 is 11.6 Å². The van der Waals surface area contributed by atoms with Crippen molar-refractivity contribution < 1.29 is 0 Å². The van der Waals surface area contributed by atoms with Crippen LogP contribution in [0.4, 0.5) is 0 Å². The molecule has 0 aliphatic rings. The van der Waals surface area contributed by atoms with Gasteiger partial charge in [0.15, 0.2) is 0 Å². The van der Waals surface area contributed by atoms with Crippen LogP contribution >= 0.6 is 11.6 Å². The molecule has 0 saturated heterocycles. The largest absolute Gasteiger partial charge is 0.319 e. The number of nitrogens with one attached hydrogen (secondary N) is 1. The predicted octanol–water partition coefficient (Wildman–Crippen LogP) is 2.02. The number of pyridine rings is 1. The Hall–Kier alpha value is -0.640. The van der Waals surface area contributed by atoms with Gasteiger partial charge in [0.1, 0.15) is 5.15 Å². The van der Waals surface area contributed by atoms with Crippen LogP contribution in [0.2, 0.25) is 5.15 Å². The Morgan fingerprint density at radius 3 is 2.81 bits per heavy atom. The molecule has 0 aliphatic carbocycles. The number of hydrogen-bond acceptors (Lipinski definition) is 3. The SMILES string of the molecule is CNCC(C)CN(C)Cc1ccc(Cl)nc1. The molecular weight excluding hydrogens is 222 g/mol. The first kappa shape index (κ1) is 13.4. The molecule has 1 aromatic rings. The van der Waals surface area contributed by atoms with Gasteiger partial charge in [-0.2, -0.15) is 0 Å². The molecule has 0 amide bonds. The fourth-order valence-corrected chi connectivity index (χ4v) is 1.93. The zero-order valence-corrected chi connectivity index (χ0v) is 11.0. The van der Waals surface area contributed by atoms with E-state index >= 15 is 0 Å². The average Bonchev–Trinajstić information content (AvgIpc) is 2.21. The second-order valence-electron chi connectivity index (χ2n) is 4.35. The third-order valence-corrected chi connectivity index (χ3v) is 2.64. The lowest BCUT2D eigenvalue weighted by molar-refractivity contribution is 0.276. The summed E-state index contributed by atoms with van der Waals surface area (Å²) in [6.45, 7) is 5.28. The van der Waals surface area contributed by atoms with E-state index in [1.807, 2.05) is 25.4 Å². The summed E-state index contributed by atoms with van der Waals surface area (Å²) in [6.07, 6.45) is 1.83. The van der Waals surface area contributed by atoms with Crippen molar-refractivity contribution in [3.05, 3.63) is 29.0 Å². The summed E-state index contributed by atoms with van der Waals surface area (Å²) in [5, 5.41) is 3.74. The number of halogens is 1. The summed E-state index contributed by atoms with van der Waals surface area (Å²) in [6, 6.07) is 3.86. The smallest absolute Gasteiger partial charge is 0.129 e. The Morgan fingerprint density at radius 2 is 2.25 bits per heavy atom. The summed E-state index contributed by atoms with van der Waals surface area (Å²) in [7, 11) is 4.11. The molecule has 0 fully saturated rings. The quantitative estimate of drug-likeness (QED) is 0.773. The van der Waals surface area contributed by atoms with Crippen molar-refractivity contribution in [2.45, 2.75) is 13.5 Å². The first-order valence-electron chi connectivity index (χ1n) is 5.55. The van der Waals surface area contributed by atoms with Crippen molar-refractivity contribution in [1.29, 1.82) is 0 Å².